The van der Waals surface area contributed by atoms with E-state index >= 15 is 0 Å². The highest BCUT2D eigenvalue weighted by molar-refractivity contribution is 5.79. The molecule has 0 saturated carbocycles. The van der Waals surface area contributed by atoms with Gasteiger partial charge in [-0.05, 0) is 25.5 Å². The maximum atomic E-state index is 5.78. The fraction of sp³-hybridized carbons (Fsp3) is 0.524. The van der Waals surface area contributed by atoms with Gasteiger partial charge in [-0.1, -0.05) is 26.8 Å². The normalized spacial score (nSPS) is 12.0. The molecule has 1 heterocycles. The van der Waals surface area contributed by atoms with Crippen molar-refractivity contribution in [3.63, 3.8) is 0 Å². The molecule has 2 N–H and O–H groups in total. The number of rotatable bonds is 9. The zero-order valence-corrected chi connectivity index (χ0v) is 17.5. The Morgan fingerprint density at radius 1 is 1.21 bits per heavy atom. The lowest BCUT2D eigenvalue weighted by Gasteiger charge is -2.13. The second kappa shape index (κ2) is 10.6. The Hall–Kier alpha value is -2.70. The predicted octanol–water partition coefficient (Wildman–Crippen LogP) is 3.50. The van der Waals surface area contributed by atoms with Crippen molar-refractivity contribution in [3.05, 3.63) is 42.1 Å². The Morgan fingerprint density at radius 2 is 2.00 bits per heavy atom. The van der Waals surface area contributed by atoms with Crippen LogP contribution in [0.15, 0.2) is 39.9 Å². The van der Waals surface area contributed by atoms with Gasteiger partial charge in [-0.25, -0.2) is 9.98 Å². The van der Waals surface area contributed by atoms with Crippen molar-refractivity contribution in [1.82, 2.24) is 15.6 Å². The minimum Gasteiger partial charge on any atom is -0.497 e. The van der Waals surface area contributed by atoms with Crippen LogP contribution in [-0.2, 0) is 12.0 Å². The van der Waals surface area contributed by atoms with Crippen LogP contribution in [0.2, 0.25) is 0 Å². The average Bonchev–Trinajstić information content (AvgIpc) is 3.15. The molecule has 0 aliphatic heterocycles. The Bertz CT molecular complexity index is 750. The molecule has 0 saturated heterocycles. The average molecular weight is 389 g/mol. The van der Waals surface area contributed by atoms with Crippen molar-refractivity contribution in [1.29, 1.82) is 0 Å². The van der Waals surface area contributed by atoms with E-state index in [1.54, 1.807) is 13.3 Å². The molecule has 2 aromatic rings. The molecular weight excluding hydrogens is 356 g/mol. The predicted molar refractivity (Wildman–Crippen MR) is 111 cm³/mol. The molecule has 0 aliphatic carbocycles. The summed E-state index contributed by atoms with van der Waals surface area (Å²) in [6, 6.07) is 7.60. The van der Waals surface area contributed by atoms with Gasteiger partial charge in [0.15, 0.2) is 5.96 Å². The van der Waals surface area contributed by atoms with Crippen molar-refractivity contribution >= 4 is 5.96 Å². The van der Waals surface area contributed by atoms with Crippen LogP contribution < -0.4 is 20.1 Å². The largest absolute Gasteiger partial charge is 0.497 e. The second-order valence-electron chi connectivity index (χ2n) is 7.37. The third-order valence-corrected chi connectivity index (χ3v) is 3.93. The molecule has 7 nitrogen and oxygen atoms in total. The molecule has 0 amide bonds. The molecule has 0 spiro atoms. The van der Waals surface area contributed by atoms with Crippen LogP contribution in [-0.4, -0.2) is 37.7 Å². The molecule has 0 fully saturated rings. The number of nitrogens with zero attached hydrogens (tertiary/aromatic N) is 2. The Kier molecular flexibility index (Phi) is 8.17. The van der Waals surface area contributed by atoms with Crippen LogP contribution >= 0.6 is 0 Å². The van der Waals surface area contributed by atoms with Gasteiger partial charge in [0.25, 0.3) is 0 Å². The van der Waals surface area contributed by atoms with Crippen LogP contribution in [0.3, 0.4) is 0 Å². The van der Waals surface area contributed by atoms with E-state index in [2.05, 4.69) is 41.4 Å². The van der Waals surface area contributed by atoms with E-state index < -0.39 is 0 Å². The first-order valence-electron chi connectivity index (χ1n) is 9.66. The monoisotopic (exact) mass is 388 g/mol. The smallest absolute Gasteiger partial charge is 0.216 e. The number of methoxy groups -OCH3 is 1. The molecule has 154 valence electrons. The van der Waals surface area contributed by atoms with E-state index in [0.29, 0.717) is 19.0 Å². The molecular formula is C21H32N4O3. The third-order valence-electron chi connectivity index (χ3n) is 3.93. The number of aromatic nitrogens is 1. The number of benzene rings is 1. The van der Waals surface area contributed by atoms with E-state index in [4.69, 9.17) is 13.9 Å². The second-order valence-corrected chi connectivity index (χ2v) is 7.37. The number of guanidine groups is 1. The maximum absolute atomic E-state index is 5.78. The van der Waals surface area contributed by atoms with Gasteiger partial charge >= 0.3 is 0 Å². The molecule has 1 aromatic heterocycles. The van der Waals surface area contributed by atoms with E-state index in [1.165, 1.54) is 0 Å². The lowest BCUT2D eigenvalue weighted by Crippen LogP contribution is -2.38. The first-order chi connectivity index (χ1) is 13.4. The quantitative estimate of drug-likeness (QED) is 0.389. The van der Waals surface area contributed by atoms with Gasteiger partial charge in [0.1, 0.15) is 23.8 Å². The standard InChI is InChI=1S/C21H32N4O3/c1-6-22-20(25-15-19-24-14-18(28-19)21(2,3)4)23-11-8-12-27-17-10-7-9-16(13-17)26-5/h7,9-10,13-14H,6,8,11-12,15H2,1-5H3,(H2,22,23,25). The van der Waals surface area contributed by atoms with E-state index in [1.807, 2.05) is 31.2 Å². The molecule has 0 radical (unpaired) electrons. The van der Waals surface area contributed by atoms with Crippen molar-refractivity contribution in [3.8, 4) is 11.5 Å². The summed E-state index contributed by atoms with van der Waals surface area (Å²) >= 11 is 0. The van der Waals surface area contributed by atoms with Crippen molar-refractivity contribution in [2.45, 2.75) is 46.1 Å². The van der Waals surface area contributed by atoms with Crippen LogP contribution in [0.1, 0.15) is 45.8 Å². The summed E-state index contributed by atoms with van der Waals surface area (Å²) in [5, 5.41) is 6.53. The molecule has 0 unspecified atom stereocenters. The fourth-order valence-corrected chi connectivity index (χ4v) is 2.38. The van der Waals surface area contributed by atoms with Crippen LogP contribution in [0.25, 0.3) is 0 Å². The Balaban J connectivity index is 1.77. The van der Waals surface area contributed by atoms with Gasteiger partial charge in [0, 0.05) is 24.6 Å². The van der Waals surface area contributed by atoms with E-state index in [9.17, 15) is 0 Å². The van der Waals surface area contributed by atoms with Gasteiger partial charge in [0.2, 0.25) is 5.89 Å². The van der Waals surface area contributed by atoms with Crippen LogP contribution in [0.4, 0.5) is 0 Å². The van der Waals surface area contributed by atoms with Gasteiger partial charge in [0.05, 0.1) is 19.9 Å². The lowest BCUT2D eigenvalue weighted by atomic mass is 9.94. The first kappa shape index (κ1) is 21.6. The topological polar surface area (TPSA) is 80.9 Å². The highest BCUT2D eigenvalue weighted by Gasteiger charge is 2.18. The van der Waals surface area contributed by atoms with Crippen molar-refractivity contribution < 1.29 is 13.9 Å². The number of oxazole rings is 1. The van der Waals surface area contributed by atoms with Gasteiger partial charge in [-0.3, -0.25) is 0 Å². The van der Waals surface area contributed by atoms with Crippen LogP contribution in [0.5, 0.6) is 11.5 Å². The SMILES string of the molecule is CCNC(=NCc1ncc(C(C)(C)C)o1)NCCCOc1cccc(OC)c1. The third kappa shape index (κ3) is 7.13. The van der Waals surface area contributed by atoms with E-state index in [0.717, 1.165) is 42.7 Å². The minimum absolute atomic E-state index is 0.0551. The minimum atomic E-state index is -0.0551. The molecule has 0 aliphatic rings. The number of nitrogens with one attached hydrogen (secondary N) is 2. The number of aliphatic imine (C=N–C) groups is 1. The molecule has 28 heavy (non-hydrogen) atoms. The number of hydrogen-bond acceptors (Lipinski definition) is 5. The van der Waals surface area contributed by atoms with Gasteiger partial charge < -0.3 is 24.5 Å². The summed E-state index contributed by atoms with van der Waals surface area (Å²) in [5.74, 6) is 3.81. The number of hydrogen-bond donors (Lipinski definition) is 2. The summed E-state index contributed by atoms with van der Waals surface area (Å²) in [4.78, 5) is 8.85. The summed E-state index contributed by atoms with van der Waals surface area (Å²) in [7, 11) is 1.65. The Morgan fingerprint density at radius 3 is 2.68 bits per heavy atom. The molecule has 2 rings (SSSR count). The van der Waals surface area contributed by atoms with Gasteiger partial charge in [-0.2, -0.15) is 0 Å². The van der Waals surface area contributed by atoms with Crippen molar-refractivity contribution in [2.24, 2.45) is 4.99 Å². The highest BCUT2D eigenvalue weighted by atomic mass is 16.5. The summed E-state index contributed by atoms with van der Waals surface area (Å²) < 4.78 is 16.7. The van der Waals surface area contributed by atoms with Gasteiger partial charge in [-0.15, -0.1) is 0 Å². The molecule has 1 aromatic carbocycles. The highest BCUT2D eigenvalue weighted by Crippen LogP contribution is 2.22. The summed E-state index contributed by atoms with van der Waals surface area (Å²) in [6.45, 7) is 10.9. The van der Waals surface area contributed by atoms with Crippen molar-refractivity contribution in [2.75, 3.05) is 26.8 Å². The number of ether oxygens (including phenoxy) is 2. The maximum Gasteiger partial charge on any atom is 0.216 e. The lowest BCUT2D eigenvalue weighted by molar-refractivity contribution is 0.308. The molecule has 0 atom stereocenters. The van der Waals surface area contributed by atoms with Crippen LogP contribution in [0, 0.1) is 0 Å². The zero-order valence-electron chi connectivity index (χ0n) is 17.5. The first-order valence-corrected chi connectivity index (χ1v) is 9.66. The summed E-state index contributed by atoms with van der Waals surface area (Å²) in [5.41, 5.74) is -0.0551. The summed E-state index contributed by atoms with van der Waals surface area (Å²) in [6.07, 6.45) is 2.62. The van der Waals surface area contributed by atoms with E-state index in [-0.39, 0.29) is 5.41 Å². The Labute approximate surface area is 167 Å². The zero-order chi connectivity index (χ0) is 20.4. The molecule has 7 heteroatoms. The fourth-order valence-electron chi connectivity index (χ4n) is 2.38. The molecule has 0 bridgehead atoms.